The van der Waals surface area contributed by atoms with Gasteiger partial charge in [-0.15, -0.1) is 0 Å². The highest BCUT2D eigenvalue weighted by Crippen LogP contribution is 2.34. The van der Waals surface area contributed by atoms with E-state index in [2.05, 4.69) is 10.9 Å². The fourth-order valence-corrected chi connectivity index (χ4v) is 2.85. The third-order valence-corrected chi connectivity index (χ3v) is 4.57. The van der Waals surface area contributed by atoms with Gasteiger partial charge in [0.2, 0.25) is 5.91 Å². The molecule has 0 aromatic heterocycles. The van der Waals surface area contributed by atoms with Crippen LogP contribution in [0.5, 0.6) is 5.75 Å². The Balaban J connectivity index is 2.00. The minimum atomic E-state index is -1.01. The Hall–Kier alpha value is -2.83. The quantitative estimate of drug-likeness (QED) is 0.570. The van der Waals surface area contributed by atoms with E-state index in [9.17, 15) is 19.5 Å². The molecule has 1 aromatic carbocycles. The molecular weight excluding hydrogens is 324 g/mol. The molecule has 0 saturated carbocycles. The maximum atomic E-state index is 12.4. The lowest BCUT2D eigenvalue weighted by atomic mass is 9.76. The molecule has 7 nitrogen and oxygen atoms in total. The second kappa shape index (κ2) is 7.83. The Labute approximate surface area is 146 Å². The summed E-state index contributed by atoms with van der Waals surface area (Å²) in [5.74, 6) is -2.87. The van der Waals surface area contributed by atoms with Crippen molar-refractivity contribution in [3.63, 3.8) is 0 Å². The van der Waals surface area contributed by atoms with Gasteiger partial charge in [0.15, 0.2) is 0 Å². The van der Waals surface area contributed by atoms with Crippen LogP contribution >= 0.6 is 0 Å². The number of benzene rings is 1. The molecule has 0 aliphatic heterocycles. The molecule has 7 heteroatoms. The van der Waals surface area contributed by atoms with Crippen LogP contribution in [0.15, 0.2) is 35.4 Å². The van der Waals surface area contributed by atoms with E-state index in [0.717, 1.165) is 11.1 Å². The zero-order valence-corrected chi connectivity index (χ0v) is 14.5. The van der Waals surface area contributed by atoms with Gasteiger partial charge in [0.25, 0.3) is 5.91 Å². The van der Waals surface area contributed by atoms with Gasteiger partial charge >= 0.3 is 5.97 Å². The first-order chi connectivity index (χ1) is 11.8. The predicted molar refractivity (Wildman–Crippen MR) is 90.8 cm³/mol. The summed E-state index contributed by atoms with van der Waals surface area (Å²) in [6.45, 7) is 3.77. The number of carboxylic acids is 1. The van der Waals surface area contributed by atoms with Crippen molar-refractivity contribution < 1.29 is 24.2 Å². The van der Waals surface area contributed by atoms with Gasteiger partial charge in [-0.2, -0.15) is 0 Å². The van der Waals surface area contributed by atoms with Crippen LogP contribution in [-0.4, -0.2) is 30.0 Å². The number of aliphatic carboxylic acids is 1. The predicted octanol–water partition coefficient (Wildman–Crippen LogP) is 1.90. The van der Waals surface area contributed by atoms with Crippen LogP contribution in [0.3, 0.4) is 0 Å². The Kier molecular flexibility index (Phi) is 5.80. The van der Waals surface area contributed by atoms with Gasteiger partial charge in [-0.05, 0) is 51.0 Å². The van der Waals surface area contributed by atoms with E-state index in [0.29, 0.717) is 24.2 Å². The molecular formula is C18H22N2O5. The number of hydrogen-bond acceptors (Lipinski definition) is 4. The number of rotatable bonds is 4. The van der Waals surface area contributed by atoms with E-state index in [1.165, 1.54) is 7.11 Å². The van der Waals surface area contributed by atoms with E-state index in [1.54, 1.807) is 24.3 Å². The average Bonchev–Trinajstić information content (AvgIpc) is 2.61. The Morgan fingerprint density at radius 1 is 1.00 bits per heavy atom. The molecule has 0 fully saturated rings. The summed E-state index contributed by atoms with van der Waals surface area (Å²) in [4.78, 5) is 35.9. The van der Waals surface area contributed by atoms with Crippen molar-refractivity contribution in [1.29, 1.82) is 0 Å². The van der Waals surface area contributed by atoms with Crippen molar-refractivity contribution in [2.45, 2.75) is 26.7 Å². The lowest BCUT2D eigenvalue weighted by Crippen LogP contribution is -2.48. The van der Waals surface area contributed by atoms with Gasteiger partial charge in [-0.3, -0.25) is 25.2 Å². The zero-order chi connectivity index (χ0) is 18.6. The molecule has 0 unspecified atom stereocenters. The largest absolute Gasteiger partial charge is 0.497 e. The summed E-state index contributed by atoms with van der Waals surface area (Å²) < 4.78 is 5.02. The first-order valence-corrected chi connectivity index (χ1v) is 7.95. The van der Waals surface area contributed by atoms with E-state index < -0.39 is 29.6 Å². The first kappa shape index (κ1) is 18.5. The van der Waals surface area contributed by atoms with Gasteiger partial charge in [0.1, 0.15) is 5.75 Å². The molecule has 2 atom stereocenters. The van der Waals surface area contributed by atoms with Gasteiger partial charge in [-0.25, -0.2) is 0 Å². The van der Waals surface area contributed by atoms with Gasteiger partial charge in [-0.1, -0.05) is 11.1 Å². The molecule has 134 valence electrons. The molecule has 2 amide bonds. The van der Waals surface area contributed by atoms with Gasteiger partial charge < -0.3 is 9.84 Å². The maximum Gasteiger partial charge on any atom is 0.307 e. The molecule has 3 N–H and O–H groups in total. The molecule has 1 aromatic rings. The molecule has 25 heavy (non-hydrogen) atoms. The van der Waals surface area contributed by atoms with Crippen LogP contribution in [0.2, 0.25) is 0 Å². The van der Waals surface area contributed by atoms with E-state index >= 15 is 0 Å². The number of hydrogen-bond donors (Lipinski definition) is 3. The Bertz CT molecular complexity index is 709. The number of allylic oxidation sites excluding steroid dienone is 2. The van der Waals surface area contributed by atoms with Crippen molar-refractivity contribution in [1.82, 2.24) is 10.9 Å². The Morgan fingerprint density at radius 3 is 2.08 bits per heavy atom. The lowest BCUT2D eigenvalue weighted by molar-refractivity contribution is -0.147. The highest BCUT2D eigenvalue weighted by atomic mass is 16.5. The highest BCUT2D eigenvalue weighted by Gasteiger charge is 2.37. The average molecular weight is 346 g/mol. The lowest BCUT2D eigenvalue weighted by Gasteiger charge is -2.29. The summed E-state index contributed by atoms with van der Waals surface area (Å²) in [7, 11) is 1.52. The second-order valence-electron chi connectivity index (χ2n) is 6.19. The van der Waals surface area contributed by atoms with Crippen LogP contribution in [-0.2, 0) is 9.59 Å². The summed E-state index contributed by atoms with van der Waals surface area (Å²) in [6, 6.07) is 6.40. The third kappa shape index (κ3) is 4.37. The van der Waals surface area contributed by atoms with Crippen molar-refractivity contribution in [3.05, 3.63) is 41.0 Å². The van der Waals surface area contributed by atoms with E-state index in [4.69, 9.17) is 4.74 Å². The number of amides is 2. The number of carboxylic acid groups (broad SMARTS) is 1. The molecule has 2 rings (SSSR count). The fraction of sp³-hybridized carbons (Fsp3) is 0.389. The normalized spacial score (nSPS) is 20.0. The number of carbonyl (C=O) groups excluding carboxylic acids is 2. The first-order valence-electron chi connectivity index (χ1n) is 7.95. The van der Waals surface area contributed by atoms with Crippen LogP contribution < -0.4 is 15.6 Å². The highest BCUT2D eigenvalue weighted by molar-refractivity contribution is 5.96. The van der Waals surface area contributed by atoms with Crippen molar-refractivity contribution >= 4 is 17.8 Å². The zero-order valence-electron chi connectivity index (χ0n) is 14.5. The number of ether oxygens (including phenoxy) is 1. The topological polar surface area (TPSA) is 105 Å². The molecule has 0 heterocycles. The molecule has 0 spiro atoms. The van der Waals surface area contributed by atoms with Crippen molar-refractivity contribution in [3.8, 4) is 5.75 Å². The molecule has 0 bridgehead atoms. The fourth-order valence-electron chi connectivity index (χ4n) is 2.85. The minimum Gasteiger partial charge on any atom is -0.497 e. The summed E-state index contributed by atoms with van der Waals surface area (Å²) in [6.07, 6.45) is 0.707. The summed E-state index contributed by atoms with van der Waals surface area (Å²) >= 11 is 0. The standard InChI is InChI=1S/C18H22N2O5/c1-10-8-14(15(18(23)24)9-11(10)2)17(22)20-19-16(21)12-4-6-13(25-3)7-5-12/h4-7,14-15H,8-9H2,1-3H3,(H,19,21)(H,20,22)(H,23,24)/t14-,15-/m1/s1. The van der Waals surface area contributed by atoms with E-state index in [1.807, 2.05) is 13.8 Å². The van der Waals surface area contributed by atoms with Crippen LogP contribution in [0, 0.1) is 11.8 Å². The molecule has 0 radical (unpaired) electrons. The van der Waals surface area contributed by atoms with Crippen molar-refractivity contribution in [2.75, 3.05) is 7.11 Å². The van der Waals surface area contributed by atoms with E-state index in [-0.39, 0.29) is 0 Å². The third-order valence-electron chi connectivity index (χ3n) is 4.57. The molecule has 0 saturated heterocycles. The number of carbonyl (C=O) groups is 3. The van der Waals surface area contributed by atoms with Crippen molar-refractivity contribution in [2.24, 2.45) is 11.8 Å². The van der Waals surface area contributed by atoms with Crippen LogP contribution in [0.1, 0.15) is 37.0 Å². The number of hydrazine groups is 1. The number of methoxy groups -OCH3 is 1. The monoisotopic (exact) mass is 346 g/mol. The molecule has 1 aliphatic carbocycles. The maximum absolute atomic E-state index is 12.4. The molecule has 1 aliphatic rings. The number of nitrogens with one attached hydrogen (secondary N) is 2. The van der Waals surface area contributed by atoms with Crippen LogP contribution in [0.25, 0.3) is 0 Å². The minimum absolute atomic E-state index is 0.339. The van der Waals surface area contributed by atoms with Gasteiger partial charge in [0, 0.05) is 5.56 Å². The van der Waals surface area contributed by atoms with Gasteiger partial charge in [0.05, 0.1) is 18.9 Å². The summed E-state index contributed by atoms with van der Waals surface area (Å²) in [5, 5.41) is 9.36. The second-order valence-corrected chi connectivity index (χ2v) is 6.19. The smallest absolute Gasteiger partial charge is 0.307 e. The SMILES string of the molecule is COc1ccc(C(=O)NNC(=O)[C@@H]2CC(C)=C(C)C[C@H]2C(=O)O)cc1. The van der Waals surface area contributed by atoms with Crippen LogP contribution in [0.4, 0.5) is 0 Å². The Morgan fingerprint density at radius 2 is 1.56 bits per heavy atom. The summed E-state index contributed by atoms with van der Waals surface area (Å²) in [5.41, 5.74) is 7.04.